The molecule has 0 aliphatic rings. The fraction of sp³-hybridized carbons (Fsp3) is 0.208. The third kappa shape index (κ3) is 3.88. The standard InChI is InChI=1S/C24H24N4O2S/c1-5-14-28-23(18-11-7-9-13-20(18)30-4)26-27-24(28)31-16(3)22(29)21-15(2)25-19-12-8-6-10-17(19)21/h5-13,16,25H,1,14H2,2-4H3/t16-/m0/s1. The monoisotopic (exact) mass is 432 g/mol. The number of allylic oxidation sites excluding steroid dienone is 1. The largest absolute Gasteiger partial charge is 0.496 e. The molecule has 2 heterocycles. The number of ketones is 1. The number of aryl methyl sites for hydroxylation is 1. The van der Waals surface area contributed by atoms with Gasteiger partial charge in [-0.25, -0.2) is 0 Å². The third-order valence-corrected chi connectivity index (χ3v) is 6.25. The Morgan fingerprint density at radius 2 is 1.97 bits per heavy atom. The van der Waals surface area contributed by atoms with Gasteiger partial charge < -0.3 is 9.72 Å². The lowest BCUT2D eigenvalue weighted by Crippen LogP contribution is -2.15. The maximum absolute atomic E-state index is 13.4. The van der Waals surface area contributed by atoms with Crippen LogP contribution in [0, 0.1) is 6.92 Å². The number of carbonyl (C=O) groups excluding carboxylic acids is 1. The van der Waals surface area contributed by atoms with Crippen LogP contribution in [0.25, 0.3) is 22.3 Å². The quantitative estimate of drug-likeness (QED) is 0.233. The summed E-state index contributed by atoms with van der Waals surface area (Å²) in [6.45, 7) is 8.23. The van der Waals surface area contributed by atoms with Crippen molar-refractivity contribution in [2.75, 3.05) is 7.11 Å². The molecule has 6 nitrogen and oxygen atoms in total. The predicted octanol–water partition coefficient (Wildman–Crippen LogP) is 5.29. The van der Waals surface area contributed by atoms with Gasteiger partial charge in [0, 0.05) is 28.7 Å². The van der Waals surface area contributed by atoms with Gasteiger partial charge in [-0.3, -0.25) is 9.36 Å². The molecule has 0 unspecified atom stereocenters. The summed E-state index contributed by atoms with van der Waals surface area (Å²) in [5.74, 6) is 1.46. The molecule has 4 rings (SSSR count). The molecule has 0 saturated heterocycles. The van der Waals surface area contributed by atoms with Crippen molar-refractivity contribution in [2.24, 2.45) is 0 Å². The van der Waals surface area contributed by atoms with Gasteiger partial charge in [-0.05, 0) is 32.0 Å². The molecule has 2 aromatic heterocycles. The van der Waals surface area contributed by atoms with Gasteiger partial charge in [0.25, 0.3) is 0 Å². The van der Waals surface area contributed by atoms with Gasteiger partial charge in [0.1, 0.15) is 5.75 Å². The van der Waals surface area contributed by atoms with E-state index in [1.165, 1.54) is 11.8 Å². The van der Waals surface area contributed by atoms with Crippen LogP contribution in [0.5, 0.6) is 5.75 Å². The van der Waals surface area contributed by atoms with E-state index in [9.17, 15) is 4.79 Å². The van der Waals surface area contributed by atoms with Crippen LogP contribution in [0.15, 0.2) is 66.3 Å². The highest BCUT2D eigenvalue weighted by Gasteiger charge is 2.25. The van der Waals surface area contributed by atoms with E-state index in [1.807, 2.05) is 66.9 Å². The van der Waals surface area contributed by atoms with E-state index in [2.05, 4.69) is 21.8 Å². The Balaban J connectivity index is 1.67. The lowest BCUT2D eigenvalue weighted by Gasteiger charge is -2.13. The highest BCUT2D eigenvalue weighted by Crippen LogP contribution is 2.33. The van der Waals surface area contributed by atoms with Crippen LogP contribution in [-0.4, -0.2) is 37.9 Å². The van der Waals surface area contributed by atoms with Crippen molar-refractivity contribution in [3.63, 3.8) is 0 Å². The number of methoxy groups -OCH3 is 1. The van der Waals surface area contributed by atoms with Crippen LogP contribution in [0.3, 0.4) is 0 Å². The Morgan fingerprint density at radius 1 is 1.23 bits per heavy atom. The molecule has 2 aromatic carbocycles. The van der Waals surface area contributed by atoms with E-state index in [4.69, 9.17) is 4.74 Å². The number of ether oxygens (including phenoxy) is 1. The van der Waals surface area contributed by atoms with Crippen molar-refractivity contribution in [1.29, 1.82) is 0 Å². The molecule has 1 N–H and O–H groups in total. The van der Waals surface area contributed by atoms with Crippen LogP contribution >= 0.6 is 11.8 Å². The van der Waals surface area contributed by atoms with Crippen LogP contribution in [0.1, 0.15) is 23.0 Å². The second kappa shape index (κ2) is 8.81. The van der Waals surface area contributed by atoms with E-state index in [-0.39, 0.29) is 11.0 Å². The molecule has 0 aliphatic heterocycles. The molecular formula is C24H24N4O2S. The molecule has 1 atom stereocenters. The Morgan fingerprint density at radius 3 is 2.74 bits per heavy atom. The lowest BCUT2D eigenvalue weighted by atomic mass is 10.1. The molecule has 31 heavy (non-hydrogen) atoms. The number of carbonyl (C=O) groups is 1. The molecule has 4 aromatic rings. The number of H-pyrrole nitrogens is 1. The van der Waals surface area contributed by atoms with E-state index in [1.54, 1.807) is 13.2 Å². The summed E-state index contributed by atoms with van der Waals surface area (Å²) in [6, 6.07) is 15.6. The minimum Gasteiger partial charge on any atom is -0.496 e. The number of rotatable bonds is 8. The maximum Gasteiger partial charge on any atom is 0.192 e. The molecule has 0 radical (unpaired) electrons. The summed E-state index contributed by atoms with van der Waals surface area (Å²) >= 11 is 1.40. The Hall–Kier alpha value is -3.32. The minimum absolute atomic E-state index is 0.0620. The summed E-state index contributed by atoms with van der Waals surface area (Å²) < 4.78 is 7.45. The SMILES string of the molecule is C=CCn1c(S[C@@H](C)C(=O)c2c(C)[nH]c3ccccc23)nnc1-c1ccccc1OC. The number of hydrogen-bond donors (Lipinski definition) is 1. The first-order valence-corrected chi connectivity index (χ1v) is 10.9. The molecule has 7 heteroatoms. The first kappa shape index (κ1) is 20.9. The number of nitrogens with one attached hydrogen (secondary N) is 1. The molecule has 0 spiro atoms. The van der Waals surface area contributed by atoms with Gasteiger partial charge in [-0.1, -0.05) is 48.2 Å². The summed E-state index contributed by atoms with van der Waals surface area (Å²) in [4.78, 5) is 16.7. The minimum atomic E-state index is -0.337. The van der Waals surface area contributed by atoms with Crippen LogP contribution in [-0.2, 0) is 6.54 Å². The van der Waals surface area contributed by atoms with Gasteiger partial charge in [0.05, 0.1) is 17.9 Å². The van der Waals surface area contributed by atoms with Crippen LogP contribution in [0.4, 0.5) is 0 Å². The number of nitrogens with zero attached hydrogens (tertiary/aromatic N) is 3. The first-order chi connectivity index (χ1) is 15.0. The fourth-order valence-electron chi connectivity index (χ4n) is 3.71. The molecule has 0 fully saturated rings. The van der Waals surface area contributed by atoms with Crippen molar-refractivity contribution < 1.29 is 9.53 Å². The summed E-state index contributed by atoms with van der Waals surface area (Å²) in [5.41, 5.74) is 3.42. The van der Waals surface area contributed by atoms with Gasteiger partial charge in [-0.2, -0.15) is 0 Å². The predicted molar refractivity (Wildman–Crippen MR) is 125 cm³/mol. The van der Waals surface area contributed by atoms with E-state index in [0.29, 0.717) is 17.5 Å². The zero-order valence-corrected chi connectivity index (χ0v) is 18.6. The van der Waals surface area contributed by atoms with Crippen molar-refractivity contribution >= 4 is 28.4 Å². The second-order valence-corrected chi connectivity index (χ2v) is 8.51. The van der Waals surface area contributed by atoms with Crippen molar-refractivity contribution in [2.45, 2.75) is 30.8 Å². The Kier molecular flexibility index (Phi) is 5.95. The fourth-order valence-corrected chi connectivity index (χ4v) is 4.62. The van der Waals surface area contributed by atoms with Gasteiger partial charge >= 0.3 is 0 Å². The summed E-state index contributed by atoms with van der Waals surface area (Å²) in [7, 11) is 1.63. The van der Waals surface area contributed by atoms with E-state index in [0.717, 1.165) is 33.5 Å². The molecule has 0 saturated carbocycles. The van der Waals surface area contributed by atoms with Crippen molar-refractivity contribution in [3.8, 4) is 17.1 Å². The Labute approximate surface area is 185 Å². The zero-order chi connectivity index (χ0) is 22.0. The Bertz CT molecular complexity index is 1260. The average molecular weight is 433 g/mol. The maximum atomic E-state index is 13.4. The molecule has 158 valence electrons. The molecule has 0 bridgehead atoms. The lowest BCUT2D eigenvalue weighted by molar-refractivity contribution is 0.0995. The van der Waals surface area contributed by atoms with Crippen LogP contribution in [0.2, 0.25) is 0 Å². The van der Waals surface area contributed by atoms with Gasteiger partial charge in [0.15, 0.2) is 16.8 Å². The zero-order valence-electron chi connectivity index (χ0n) is 17.8. The number of benzene rings is 2. The van der Waals surface area contributed by atoms with E-state index >= 15 is 0 Å². The summed E-state index contributed by atoms with van der Waals surface area (Å²) in [5, 5.41) is 10.1. The number of thioether (sulfide) groups is 1. The van der Waals surface area contributed by atoms with Crippen LogP contribution < -0.4 is 4.74 Å². The number of para-hydroxylation sites is 2. The number of aromatic amines is 1. The van der Waals surface area contributed by atoms with Crippen molar-refractivity contribution in [1.82, 2.24) is 19.7 Å². The average Bonchev–Trinajstić information content (AvgIpc) is 3.33. The number of Topliss-reactive ketones (excluding diaryl/α,β-unsaturated/α-hetero) is 1. The second-order valence-electron chi connectivity index (χ2n) is 7.20. The molecular weight excluding hydrogens is 408 g/mol. The first-order valence-electron chi connectivity index (χ1n) is 10.0. The molecule has 0 amide bonds. The van der Waals surface area contributed by atoms with Gasteiger partial charge in [0.2, 0.25) is 0 Å². The number of fused-ring (bicyclic) bond motifs is 1. The highest BCUT2D eigenvalue weighted by atomic mass is 32.2. The smallest absolute Gasteiger partial charge is 0.192 e. The topological polar surface area (TPSA) is 72.8 Å². The normalized spacial score (nSPS) is 12.1. The molecule has 0 aliphatic carbocycles. The van der Waals surface area contributed by atoms with E-state index < -0.39 is 0 Å². The summed E-state index contributed by atoms with van der Waals surface area (Å²) in [6.07, 6.45) is 1.79. The third-order valence-electron chi connectivity index (χ3n) is 5.17. The number of hydrogen-bond acceptors (Lipinski definition) is 5. The van der Waals surface area contributed by atoms with Crippen molar-refractivity contribution in [3.05, 3.63) is 72.4 Å². The number of aromatic nitrogens is 4. The van der Waals surface area contributed by atoms with Gasteiger partial charge in [-0.15, -0.1) is 16.8 Å². The highest BCUT2D eigenvalue weighted by molar-refractivity contribution is 8.00.